The predicted molar refractivity (Wildman–Crippen MR) is 56.1 cm³/mol. The van der Waals surface area contributed by atoms with Gasteiger partial charge in [0.15, 0.2) is 0 Å². The van der Waals surface area contributed by atoms with Gasteiger partial charge in [-0.2, -0.15) is 5.26 Å². The van der Waals surface area contributed by atoms with Gasteiger partial charge in [0.2, 0.25) is 5.82 Å². The van der Waals surface area contributed by atoms with Crippen molar-refractivity contribution >= 4 is 5.97 Å². The minimum atomic E-state index is -1.08. The van der Waals surface area contributed by atoms with E-state index in [1.165, 1.54) is 4.57 Å². The summed E-state index contributed by atoms with van der Waals surface area (Å²) in [6.45, 7) is 0. The van der Waals surface area contributed by atoms with Gasteiger partial charge in [0, 0.05) is 13.0 Å². The van der Waals surface area contributed by atoms with Crippen molar-refractivity contribution in [1.82, 2.24) is 9.55 Å². The summed E-state index contributed by atoms with van der Waals surface area (Å²) in [6.07, 6.45) is 4.28. The first-order valence-corrected chi connectivity index (χ1v) is 5.35. The van der Waals surface area contributed by atoms with Crippen LogP contribution in [0.15, 0.2) is 0 Å². The molecule has 1 aromatic rings. The normalized spacial score (nSPS) is 16.2. The van der Waals surface area contributed by atoms with Crippen molar-refractivity contribution in [2.24, 2.45) is 7.05 Å². The van der Waals surface area contributed by atoms with E-state index < -0.39 is 5.97 Å². The average Bonchev–Trinajstić information content (AvgIpc) is 2.83. The lowest BCUT2D eigenvalue weighted by Gasteiger charge is -2.04. The van der Waals surface area contributed by atoms with Crippen LogP contribution in [0.2, 0.25) is 0 Å². The summed E-state index contributed by atoms with van der Waals surface area (Å²) in [5.74, 6) is -0.865. The molecule has 0 aliphatic heterocycles. The summed E-state index contributed by atoms with van der Waals surface area (Å²) in [5, 5.41) is 18.0. The highest BCUT2D eigenvalue weighted by molar-refractivity contribution is 5.84. The molecule has 1 saturated carbocycles. The van der Waals surface area contributed by atoms with Crippen LogP contribution in [0.5, 0.6) is 0 Å². The Balaban J connectivity index is 2.48. The zero-order valence-corrected chi connectivity index (χ0v) is 9.10. The van der Waals surface area contributed by atoms with Crippen LogP contribution in [0.4, 0.5) is 0 Å². The summed E-state index contributed by atoms with van der Waals surface area (Å²) in [5.41, 5.74) is 1.06. The molecule has 1 heterocycles. The molecule has 0 atom stereocenters. The van der Waals surface area contributed by atoms with Crippen LogP contribution in [-0.2, 0) is 7.05 Å². The molecule has 2 rings (SSSR count). The second-order valence-electron chi connectivity index (χ2n) is 4.13. The second-order valence-corrected chi connectivity index (χ2v) is 4.13. The molecular formula is C11H13N3O2. The van der Waals surface area contributed by atoms with Gasteiger partial charge in [0.1, 0.15) is 11.8 Å². The van der Waals surface area contributed by atoms with E-state index in [9.17, 15) is 4.79 Å². The van der Waals surface area contributed by atoms with Gasteiger partial charge in [-0.05, 0) is 12.8 Å². The van der Waals surface area contributed by atoms with Crippen LogP contribution in [0.25, 0.3) is 0 Å². The number of nitrogens with zero attached hydrogens (tertiary/aromatic N) is 3. The molecule has 1 aliphatic carbocycles. The third-order valence-electron chi connectivity index (χ3n) is 3.16. The van der Waals surface area contributed by atoms with Crippen LogP contribution in [-0.4, -0.2) is 20.6 Å². The second kappa shape index (κ2) is 3.97. The third-order valence-corrected chi connectivity index (χ3v) is 3.16. The SMILES string of the molecule is Cn1c(C(=O)O)nc(C2CCCC2)c1C#N. The first-order valence-electron chi connectivity index (χ1n) is 5.35. The number of carboxylic acids is 1. The summed E-state index contributed by atoms with van der Waals surface area (Å²) < 4.78 is 1.37. The van der Waals surface area contributed by atoms with Gasteiger partial charge >= 0.3 is 5.97 Å². The van der Waals surface area contributed by atoms with Gasteiger partial charge in [-0.3, -0.25) is 0 Å². The summed E-state index contributed by atoms with van der Waals surface area (Å²) in [4.78, 5) is 15.0. The first kappa shape index (κ1) is 10.7. The Labute approximate surface area is 93.3 Å². The fourth-order valence-corrected chi connectivity index (χ4v) is 2.33. The molecule has 0 amide bonds. The van der Waals surface area contributed by atoms with E-state index in [1.807, 2.05) is 0 Å². The molecule has 1 fully saturated rings. The van der Waals surface area contributed by atoms with Gasteiger partial charge in [0.25, 0.3) is 0 Å². The maximum Gasteiger partial charge on any atom is 0.372 e. The largest absolute Gasteiger partial charge is 0.475 e. The Morgan fingerprint density at radius 3 is 2.69 bits per heavy atom. The molecule has 0 aromatic carbocycles. The fourth-order valence-electron chi connectivity index (χ4n) is 2.33. The molecule has 0 bridgehead atoms. The molecule has 1 aromatic heterocycles. The average molecular weight is 219 g/mol. The smallest absolute Gasteiger partial charge is 0.372 e. The third kappa shape index (κ3) is 1.56. The van der Waals surface area contributed by atoms with Gasteiger partial charge < -0.3 is 9.67 Å². The number of hydrogen-bond acceptors (Lipinski definition) is 3. The number of aromatic carboxylic acids is 1. The minimum Gasteiger partial charge on any atom is -0.475 e. The maximum atomic E-state index is 10.9. The van der Waals surface area contributed by atoms with Crippen LogP contribution in [0.1, 0.15) is 53.6 Å². The van der Waals surface area contributed by atoms with E-state index in [-0.39, 0.29) is 11.7 Å². The van der Waals surface area contributed by atoms with Crippen molar-refractivity contribution in [3.05, 3.63) is 17.2 Å². The lowest BCUT2D eigenvalue weighted by molar-refractivity contribution is 0.0679. The summed E-state index contributed by atoms with van der Waals surface area (Å²) in [6, 6.07) is 2.05. The standard InChI is InChI=1S/C11H13N3O2/c1-14-8(6-12)9(7-4-2-3-5-7)13-10(14)11(15)16/h7H,2-5H2,1H3,(H,15,16). The minimum absolute atomic E-state index is 0.0431. The molecule has 1 N–H and O–H groups in total. The van der Waals surface area contributed by atoms with E-state index >= 15 is 0 Å². The topological polar surface area (TPSA) is 78.9 Å². The van der Waals surface area contributed by atoms with Crippen LogP contribution >= 0.6 is 0 Å². The number of rotatable bonds is 2. The Morgan fingerprint density at radius 2 is 2.19 bits per heavy atom. The van der Waals surface area contributed by atoms with Crippen LogP contribution in [0.3, 0.4) is 0 Å². The van der Waals surface area contributed by atoms with E-state index in [4.69, 9.17) is 10.4 Å². The van der Waals surface area contributed by atoms with E-state index in [1.54, 1.807) is 7.05 Å². The van der Waals surface area contributed by atoms with E-state index in [2.05, 4.69) is 11.1 Å². The molecule has 16 heavy (non-hydrogen) atoms. The molecule has 5 nitrogen and oxygen atoms in total. The molecule has 0 saturated heterocycles. The molecular weight excluding hydrogens is 206 g/mol. The highest BCUT2D eigenvalue weighted by atomic mass is 16.4. The van der Waals surface area contributed by atoms with Crippen molar-refractivity contribution in [3.63, 3.8) is 0 Å². The Kier molecular flexibility index (Phi) is 2.65. The number of imidazole rings is 1. The van der Waals surface area contributed by atoms with Gasteiger partial charge in [-0.15, -0.1) is 0 Å². The van der Waals surface area contributed by atoms with Gasteiger partial charge in [-0.1, -0.05) is 12.8 Å². The highest BCUT2D eigenvalue weighted by Crippen LogP contribution is 2.35. The first-order chi connectivity index (χ1) is 7.65. The number of aromatic nitrogens is 2. The zero-order valence-electron chi connectivity index (χ0n) is 9.10. The molecule has 0 radical (unpaired) electrons. The monoisotopic (exact) mass is 219 g/mol. The fraction of sp³-hybridized carbons (Fsp3) is 0.545. The van der Waals surface area contributed by atoms with Crippen LogP contribution < -0.4 is 0 Å². The Morgan fingerprint density at radius 1 is 1.56 bits per heavy atom. The molecule has 0 unspecified atom stereocenters. The van der Waals surface area contributed by atoms with Gasteiger partial charge in [-0.25, -0.2) is 9.78 Å². The summed E-state index contributed by atoms with van der Waals surface area (Å²) in [7, 11) is 1.58. The number of nitriles is 1. The summed E-state index contributed by atoms with van der Waals surface area (Å²) >= 11 is 0. The van der Waals surface area contributed by atoms with Gasteiger partial charge in [0.05, 0.1) is 5.69 Å². The zero-order chi connectivity index (χ0) is 11.7. The Bertz CT molecular complexity index is 464. The molecule has 1 aliphatic rings. The highest BCUT2D eigenvalue weighted by Gasteiger charge is 2.27. The predicted octanol–water partition coefficient (Wildman–Crippen LogP) is 1.65. The lowest BCUT2D eigenvalue weighted by Crippen LogP contribution is -2.06. The Hall–Kier alpha value is -1.83. The molecule has 5 heteroatoms. The van der Waals surface area contributed by atoms with Crippen molar-refractivity contribution in [2.75, 3.05) is 0 Å². The van der Waals surface area contributed by atoms with E-state index in [0.717, 1.165) is 25.7 Å². The maximum absolute atomic E-state index is 10.9. The van der Waals surface area contributed by atoms with E-state index in [0.29, 0.717) is 11.4 Å². The van der Waals surface area contributed by atoms with Crippen molar-refractivity contribution in [1.29, 1.82) is 5.26 Å². The molecule has 84 valence electrons. The quantitative estimate of drug-likeness (QED) is 0.820. The number of carbonyl (C=O) groups is 1. The van der Waals surface area contributed by atoms with Crippen molar-refractivity contribution in [2.45, 2.75) is 31.6 Å². The van der Waals surface area contributed by atoms with Crippen molar-refractivity contribution in [3.8, 4) is 6.07 Å². The molecule has 0 spiro atoms. The van der Waals surface area contributed by atoms with Crippen LogP contribution in [0, 0.1) is 11.3 Å². The van der Waals surface area contributed by atoms with Crippen molar-refractivity contribution < 1.29 is 9.90 Å². The lowest BCUT2D eigenvalue weighted by atomic mass is 10.0. The number of carboxylic acid groups (broad SMARTS) is 1. The number of hydrogen-bond donors (Lipinski definition) is 1.